The Balaban J connectivity index is 1.16. The van der Waals surface area contributed by atoms with Gasteiger partial charge in [-0.15, -0.1) is 5.10 Å². The molecule has 6 rings (SSSR count). The fourth-order valence-corrected chi connectivity index (χ4v) is 5.95. The van der Waals surface area contributed by atoms with Gasteiger partial charge in [-0.2, -0.15) is 9.49 Å². The summed E-state index contributed by atoms with van der Waals surface area (Å²) in [4.78, 5) is 32.2. The quantitative estimate of drug-likeness (QED) is 0.359. The molecule has 1 aromatic carbocycles. The zero-order chi connectivity index (χ0) is 29.8. The number of piperidine rings is 1. The molecule has 1 aliphatic heterocycles. The van der Waals surface area contributed by atoms with Crippen LogP contribution < -0.4 is 5.56 Å². The number of alkyl halides is 2. The largest absolute Gasteiger partial charge is 0.388 e. The van der Waals surface area contributed by atoms with E-state index in [2.05, 4.69) is 40.3 Å². The summed E-state index contributed by atoms with van der Waals surface area (Å²) in [5.74, 6) is -1.45. The van der Waals surface area contributed by atoms with E-state index < -0.39 is 41.9 Å². The summed E-state index contributed by atoms with van der Waals surface area (Å²) in [5.41, 5.74) is 4.26. The fraction of sp³-hybridized carbons (Fsp3) is 0.414. The monoisotopic (exact) mass is 581 g/mol. The van der Waals surface area contributed by atoms with Gasteiger partial charge in [0, 0.05) is 38.0 Å². The number of nitrogens with zero attached hydrogens (tertiary/aromatic N) is 7. The van der Waals surface area contributed by atoms with Crippen LogP contribution >= 0.6 is 0 Å². The number of hydrogen-bond donors (Lipinski definition) is 1. The van der Waals surface area contributed by atoms with Crippen molar-refractivity contribution in [2.75, 3.05) is 13.1 Å². The first-order valence-corrected chi connectivity index (χ1v) is 13.7. The number of aryl methyl sites for hydroxylation is 1. The van der Waals surface area contributed by atoms with Crippen molar-refractivity contribution in [3.63, 3.8) is 0 Å². The van der Waals surface area contributed by atoms with Crippen molar-refractivity contribution in [2.45, 2.75) is 57.2 Å². The van der Waals surface area contributed by atoms with Gasteiger partial charge in [-0.3, -0.25) is 23.5 Å². The van der Waals surface area contributed by atoms with Crippen LogP contribution in [0.1, 0.15) is 43.4 Å². The molecule has 0 spiro atoms. The number of likely N-dealkylation sites (tertiary alicyclic amines) is 1. The molecule has 220 valence electrons. The second-order valence-electron chi connectivity index (χ2n) is 11.1. The first-order valence-electron chi connectivity index (χ1n) is 13.7. The second kappa shape index (κ2) is 10.5. The number of carbonyl (C=O) groups is 1. The van der Waals surface area contributed by atoms with Crippen LogP contribution in [-0.2, 0) is 24.8 Å². The summed E-state index contributed by atoms with van der Waals surface area (Å²) in [5, 5.41) is 19.1. The van der Waals surface area contributed by atoms with Crippen LogP contribution in [0.15, 0.2) is 47.7 Å². The van der Waals surface area contributed by atoms with Crippen molar-refractivity contribution in [2.24, 2.45) is 7.05 Å². The molecule has 1 aliphatic carbocycles. The number of benzene rings is 1. The number of allylic oxidation sites excluding steroid dienone is 2. The highest BCUT2D eigenvalue weighted by Crippen LogP contribution is 2.33. The van der Waals surface area contributed by atoms with Crippen LogP contribution in [0.4, 0.5) is 13.2 Å². The average Bonchev–Trinajstić information content (AvgIpc) is 3.65. The average molecular weight is 582 g/mol. The molecule has 0 radical (unpaired) electrons. The minimum absolute atomic E-state index is 0.0568. The first kappa shape index (κ1) is 27.9. The third-order valence-electron chi connectivity index (χ3n) is 8.35. The zero-order valence-corrected chi connectivity index (χ0v) is 23.2. The minimum Gasteiger partial charge on any atom is -0.388 e. The topological polar surface area (TPSA) is 111 Å². The van der Waals surface area contributed by atoms with E-state index in [1.807, 2.05) is 6.07 Å². The van der Waals surface area contributed by atoms with Gasteiger partial charge in [0.2, 0.25) is 11.9 Å². The van der Waals surface area contributed by atoms with E-state index in [1.54, 1.807) is 11.7 Å². The first-order chi connectivity index (χ1) is 20.0. The summed E-state index contributed by atoms with van der Waals surface area (Å²) in [6.45, 7) is 2.26. The number of aromatic nitrogens is 6. The van der Waals surface area contributed by atoms with E-state index in [4.69, 9.17) is 0 Å². The molecule has 4 heterocycles. The molecule has 1 saturated heterocycles. The summed E-state index contributed by atoms with van der Waals surface area (Å²) >= 11 is 0. The van der Waals surface area contributed by atoms with E-state index in [1.165, 1.54) is 32.5 Å². The SMILES string of the molecule is CC1=CCc2cc(-c3c4ncn(CC5(O)CCN(C(=O)CC(C(F)F)n6ccc(F)n6)CC5)c(=O)c4nn3C)ccc21. The molecule has 0 bridgehead atoms. The Hall–Kier alpha value is -4.26. The third kappa shape index (κ3) is 5.02. The Morgan fingerprint density at radius 1 is 1.14 bits per heavy atom. The molecule has 13 heteroatoms. The van der Waals surface area contributed by atoms with Crippen molar-refractivity contribution in [3.8, 4) is 11.3 Å². The second-order valence-corrected chi connectivity index (χ2v) is 11.1. The maximum atomic E-state index is 13.6. The summed E-state index contributed by atoms with van der Waals surface area (Å²) < 4.78 is 44.1. The number of aliphatic hydroxyl groups is 1. The van der Waals surface area contributed by atoms with Crippen molar-refractivity contribution < 1.29 is 23.1 Å². The standard InChI is InChI=1S/C29H30F3N7O3/c1-17-3-4-18-13-19(5-6-20(17)18)26-24-25(35-36(26)2)28(41)38(16-33-24)15-29(42)8-11-37(12-9-29)23(40)14-21(27(31)32)39-10-7-22(30)34-39/h3,5-7,10,13,16,21,27,42H,4,8-9,11-12,14-15H2,1-2H3. The van der Waals surface area contributed by atoms with Crippen LogP contribution in [0.25, 0.3) is 27.9 Å². The predicted molar refractivity (Wildman–Crippen MR) is 148 cm³/mol. The minimum atomic E-state index is -2.92. The Morgan fingerprint density at radius 3 is 2.60 bits per heavy atom. The molecule has 1 fully saturated rings. The number of hydrogen-bond acceptors (Lipinski definition) is 6. The number of amides is 1. The smallest absolute Gasteiger partial charge is 0.281 e. The molecule has 0 saturated carbocycles. The van der Waals surface area contributed by atoms with Crippen molar-refractivity contribution in [1.82, 2.24) is 34.0 Å². The molecular weight excluding hydrogens is 551 g/mol. The van der Waals surface area contributed by atoms with Crippen molar-refractivity contribution in [3.05, 3.63) is 70.3 Å². The lowest BCUT2D eigenvalue weighted by Gasteiger charge is -2.38. The van der Waals surface area contributed by atoms with Gasteiger partial charge in [-0.05, 0) is 49.0 Å². The molecule has 10 nitrogen and oxygen atoms in total. The lowest BCUT2D eigenvalue weighted by Crippen LogP contribution is -2.50. The molecule has 3 aromatic heterocycles. The molecule has 42 heavy (non-hydrogen) atoms. The number of rotatable bonds is 7. The Kier molecular flexibility index (Phi) is 7.00. The Labute approximate surface area is 238 Å². The van der Waals surface area contributed by atoms with Crippen LogP contribution in [0.3, 0.4) is 0 Å². The van der Waals surface area contributed by atoms with Gasteiger partial charge in [0.15, 0.2) is 5.52 Å². The summed E-state index contributed by atoms with van der Waals surface area (Å²) in [7, 11) is 1.76. The van der Waals surface area contributed by atoms with Crippen LogP contribution in [-0.4, -0.2) is 70.1 Å². The van der Waals surface area contributed by atoms with Gasteiger partial charge in [0.25, 0.3) is 12.0 Å². The normalized spacial score (nSPS) is 17.1. The lowest BCUT2D eigenvalue weighted by molar-refractivity contribution is -0.138. The van der Waals surface area contributed by atoms with E-state index in [9.17, 15) is 27.9 Å². The lowest BCUT2D eigenvalue weighted by atomic mass is 9.91. The van der Waals surface area contributed by atoms with Crippen molar-refractivity contribution >= 4 is 22.5 Å². The molecule has 4 aromatic rings. The third-order valence-corrected chi connectivity index (χ3v) is 8.35. The van der Waals surface area contributed by atoms with E-state index in [0.29, 0.717) is 5.52 Å². The van der Waals surface area contributed by atoms with Gasteiger partial charge < -0.3 is 10.0 Å². The molecule has 1 unspecified atom stereocenters. The molecular formula is C29H30F3N7O3. The summed E-state index contributed by atoms with van der Waals surface area (Å²) in [6.07, 6.45) is 2.31. The van der Waals surface area contributed by atoms with Crippen LogP contribution in [0.2, 0.25) is 0 Å². The van der Waals surface area contributed by atoms with Crippen LogP contribution in [0, 0.1) is 5.95 Å². The summed E-state index contributed by atoms with van der Waals surface area (Å²) in [6, 6.07) is 5.52. The van der Waals surface area contributed by atoms with Crippen molar-refractivity contribution in [1.29, 1.82) is 0 Å². The van der Waals surface area contributed by atoms with Gasteiger partial charge in [0.05, 0.1) is 30.6 Å². The number of fused-ring (bicyclic) bond motifs is 2. The van der Waals surface area contributed by atoms with Crippen LogP contribution in [0.5, 0.6) is 0 Å². The highest BCUT2D eigenvalue weighted by atomic mass is 19.3. The van der Waals surface area contributed by atoms with Gasteiger partial charge >= 0.3 is 0 Å². The maximum absolute atomic E-state index is 13.6. The number of halogens is 3. The predicted octanol–water partition coefficient (Wildman–Crippen LogP) is 3.34. The van der Waals surface area contributed by atoms with Gasteiger partial charge in [-0.25, -0.2) is 13.8 Å². The highest BCUT2D eigenvalue weighted by molar-refractivity contribution is 5.90. The van der Waals surface area contributed by atoms with E-state index in [-0.39, 0.29) is 38.0 Å². The Morgan fingerprint density at radius 2 is 1.90 bits per heavy atom. The molecule has 1 N–H and O–H groups in total. The van der Waals surface area contributed by atoms with E-state index in [0.717, 1.165) is 34.6 Å². The van der Waals surface area contributed by atoms with Gasteiger partial charge in [-0.1, -0.05) is 18.2 Å². The molecule has 2 aliphatic rings. The highest BCUT2D eigenvalue weighted by Gasteiger charge is 2.36. The number of carbonyl (C=O) groups excluding carboxylic acids is 1. The van der Waals surface area contributed by atoms with E-state index >= 15 is 0 Å². The fourth-order valence-electron chi connectivity index (χ4n) is 5.95. The maximum Gasteiger partial charge on any atom is 0.281 e. The zero-order valence-electron chi connectivity index (χ0n) is 23.2. The molecule has 1 atom stereocenters. The molecule has 1 amide bonds. The Bertz CT molecular complexity index is 1770. The van der Waals surface area contributed by atoms with Gasteiger partial charge in [0.1, 0.15) is 11.6 Å².